The number of benzene rings is 1. The van der Waals surface area contributed by atoms with Crippen LogP contribution in [0.2, 0.25) is 0 Å². The van der Waals surface area contributed by atoms with E-state index in [9.17, 15) is 0 Å². The summed E-state index contributed by atoms with van der Waals surface area (Å²) in [7, 11) is 0. The zero-order chi connectivity index (χ0) is 15.0. The average Bonchev–Trinajstić information content (AvgIpc) is 2.86. The van der Waals surface area contributed by atoms with Gasteiger partial charge in [0, 0.05) is 11.4 Å². The van der Waals surface area contributed by atoms with E-state index in [1.807, 2.05) is 26.0 Å². The first kappa shape index (κ1) is 14.1. The van der Waals surface area contributed by atoms with Gasteiger partial charge < -0.3 is 0 Å². The number of alkyl halides is 1. The smallest absolute Gasteiger partial charge is 0.164 e. The summed E-state index contributed by atoms with van der Waals surface area (Å²) in [6.07, 6.45) is 1.03. The lowest BCUT2D eigenvalue weighted by Gasteiger charge is -2.10. The largest absolute Gasteiger partial charge is 0.279 e. The van der Waals surface area contributed by atoms with E-state index in [1.165, 1.54) is 5.56 Å². The molecule has 2 aromatic heterocycles. The highest BCUT2D eigenvalue weighted by molar-refractivity contribution is 6.20. The molecule has 0 N–H and O–H groups in total. The highest BCUT2D eigenvalue weighted by Gasteiger charge is 2.17. The molecule has 2 heterocycles. The van der Waals surface area contributed by atoms with Gasteiger partial charge in [-0.2, -0.15) is 0 Å². The van der Waals surface area contributed by atoms with Gasteiger partial charge in [-0.05, 0) is 50.1 Å². The molecule has 3 aromatic rings. The number of nitrogens with zero attached hydrogens (tertiary/aromatic N) is 3. The number of rotatable bonds is 3. The number of hydrogen-bond donors (Lipinski definition) is 0. The van der Waals surface area contributed by atoms with Crippen molar-refractivity contribution < 1.29 is 0 Å². The van der Waals surface area contributed by atoms with Crippen LogP contribution in [0.15, 0.2) is 36.4 Å². The molecular weight excluding hydrogens is 282 g/mol. The van der Waals surface area contributed by atoms with Gasteiger partial charge in [0.1, 0.15) is 11.3 Å². The van der Waals surface area contributed by atoms with Gasteiger partial charge in [-0.3, -0.25) is 4.57 Å². The van der Waals surface area contributed by atoms with Crippen molar-refractivity contribution >= 4 is 22.8 Å². The van der Waals surface area contributed by atoms with Crippen molar-refractivity contribution in [2.24, 2.45) is 0 Å². The molecule has 4 heteroatoms. The Kier molecular flexibility index (Phi) is 3.68. The lowest BCUT2D eigenvalue weighted by molar-refractivity contribution is 0.875. The SMILES string of the molecule is CCc1ccc(-n2c(C(C)Cl)nc3ccc(C)nc32)cc1. The molecule has 3 rings (SSSR count). The first-order valence-corrected chi connectivity index (χ1v) is 7.63. The van der Waals surface area contributed by atoms with Gasteiger partial charge in [0.05, 0.1) is 5.38 Å². The molecule has 0 saturated heterocycles. The maximum atomic E-state index is 6.32. The molecule has 0 aliphatic carbocycles. The fourth-order valence-electron chi connectivity index (χ4n) is 2.47. The Morgan fingerprint density at radius 3 is 2.43 bits per heavy atom. The fraction of sp³-hybridized carbons (Fsp3) is 0.294. The van der Waals surface area contributed by atoms with E-state index in [1.54, 1.807) is 0 Å². The van der Waals surface area contributed by atoms with Crippen LogP contribution in [0.1, 0.15) is 36.3 Å². The van der Waals surface area contributed by atoms with Gasteiger partial charge in [-0.1, -0.05) is 19.1 Å². The zero-order valence-corrected chi connectivity index (χ0v) is 13.2. The third-order valence-corrected chi connectivity index (χ3v) is 3.82. The summed E-state index contributed by atoms with van der Waals surface area (Å²) >= 11 is 6.32. The number of aryl methyl sites for hydroxylation is 2. The van der Waals surface area contributed by atoms with Crippen molar-refractivity contribution in [2.45, 2.75) is 32.6 Å². The zero-order valence-electron chi connectivity index (χ0n) is 12.5. The highest BCUT2D eigenvalue weighted by Crippen LogP contribution is 2.27. The van der Waals surface area contributed by atoms with E-state index in [-0.39, 0.29) is 5.38 Å². The Hall–Kier alpha value is -1.87. The number of aromatic nitrogens is 3. The normalized spacial score (nSPS) is 12.8. The lowest BCUT2D eigenvalue weighted by Crippen LogP contribution is -2.03. The van der Waals surface area contributed by atoms with Crippen molar-refractivity contribution in [3.63, 3.8) is 0 Å². The van der Waals surface area contributed by atoms with E-state index in [0.717, 1.165) is 34.8 Å². The van der Waals surface area contributed by atoms with Crippen LogP contribution in [-0.2, 0) is 6.42 Å². The molecule has 0 bridgehead atoms. The predicted molar refractivity (Wildman–Crippen MR) is 87.2 cm³/mol. The molecule has 3 nitrogen and oxygen atoms in total. The summed E-state index contributed by atoms with van der Waals surface area (Å²) in [5.41, 5.74) is 5.08. The van der Waals surface area contributed by atoms with Crippen LogP contribution >= 0.6 is 11.6 Å². The van der Waals surface area contributed by atoms with Gasteiger partial charge in [0.25, 0.3) is 0 Å². The number of hydrogen-bond acceptors (Lipinski definition) is 2. The third-order valence-electron chi connectivity index (χ3n) is 3.63. The molecule has 1 aromatic carbocycles. The van der Waals surface area contributed by atoms with Gasteiger partial charge in [0.2, 0.25) is 0 Å². The molecule has 0 saturated carbocycles. The highest BCUT2D eigenvalue weighted by atomic mass is 35.5. The first-order chi connectivity index (χ1) is 10.1. The maximum absolute atomic E-state index is 6.32. The van der Waals surface area contributed by atoms with Crippen LogP contribution in [0.4, 0.5) is 0 Å². The maximum Gasteiger partial charge on any atom is 0.164 e. The molecule has 1 atom stereocenters. The Balaban J connectivity index is 2.26. The van der Waals surface area contributed by atoms with Crippen LogP contribution in [0, 0.1) is 6.92 Å². The van der Waals surface area contributed by atoms with Crippen molar-refractivity contribution in [1.29, 1.82) is 0 Å². The quantitative estimate of drug-likeness (QED) is 0.662. The van der Waals surface area contributed by atoms with Gasteiger partial charge in [-0.15, -0.1) is 11.6 Å². The summed E-state index contributed by atoms with van der Waals surface area (Å²) < 4.78 is 2.05. The molecule has 0 spiro atoms. The summed E-state index contributed by atoms with van der Waals surface area (Å²) in [4.78, 5) is 9.28. The monoisotopic (exact) mass is 299 g/mol. The minimum absolute atomic E-state index is 0.176. The molecule has 108 valence electrons. The number of fused-ring (bicyclic) bond motifs is 1. The summed E-state index contributed by atoms with van der Waals surface area (Å²) in [6, 6.07) is 12.5. The Morgan fingerprint density at radius 2 is 1.81 bits per heavy atom. The van der Waals surface area contributed by atoms with Crippen LogP contribution in [-0.4, -0.2) is 14.5 Å². The van der Waals surface area contributed by atoms with Crippen molar-refractivity contribution in [3.05, 3.63) is 53.5 Å². The van der Waals surface area contributed by atoms with Gasteiger partial charge in [-0.25, -0.2) is 9.97 Å². The molecule has 0 amide bonds. The molecule has 0 aliphatic rings. The number of pyridine rings is 1. The average molecular weight is 300 g/mol. The Labute approximate surface area is 129 Å². The van der Waals surface area contributed by atoms with Crippen molar-refractivity contribution in [2.75, 3.05) is 0 Å². The van der Waals surface area contributed by atoms with Gasteiger partial charge in [0.15, 0.2) is 5.65 Å². The molecule has 0 radical (unpaired) electrons. The van der Waals surface area contributed by atoms with Crippen LogP contribution in [0.3, 0.4) is 0 Å². The second-order valence-corrected chi connectivity index (χ2v) is 5.89. The fourth-order valence-corrected chi connectivity index (χ4v) is 2.62. The molecule has 1 unspecified atom stereocenters. The summed E-state index contributed by atoms with van der Waals surface area (Å²) in [6.45, 7) is 6.08. The number of halogens is 1. The lowest BCUT2D eigenvalue weighted by atomic mass is 10.1. The van der Waals surface area contributed by atoms with Gasteiger partial charge >= 0.3 is 0 Å². The number of imidazole rings is 1. The van der Waals surface area contributed by atoms with Crippen LogP contribution in [0.25, 0.3) is 16.9 Å². The topological polar surface area (TPSA) is 30.7 Å². The van der Waals surface area contributed by atoms with Crippen molar-refractivity contribution in [1.82, 2.24) is 14.5 Å². The first-order valence-electron chi connectivity index (χ1n) is 7.19. The minimum Gasteiger partial charge on any atom is -0.279 e. The standard InChI is InChI=1S/C17H18ClN3/c1-4-13-6-8-14(9-7-13)21-16(12(3)18)20-15-10-5-11(2)19-17(15)21/h5-10,12H,4H2,1-3H3. The summed E-state index contributed by atoms with van der Waals surface area (Å²) in [5.74, 6) is 0.828. The molecule has 0 aliphatic heterocycles. The predicted octanol–water partition coefficient (Wildman–Crippen LogP) is 4.59. The third kappa shape index (κ3) is 2.54. The Bertz CT molecular complexity index is 773. The van der Waals surface area contributed by atoms with E-state index in [0.29, 0.717) is 0 Å². The van der Waals surface area contributed by atoms with Crippen molar-refractivity contribution in [3.8, 4) is 5.69 Å². The van der Waals surface area contributed by atoms with Crippen LogP contribution < -0.4 is 0 Å². The van der Waals surface area contributed by atoms with E-state index >= 15 is 0 Å². The second kappa shape index (κ2) is 5.49. The van der Waals surface area contributed by atoms with Crippen LogP contribution in [0.5, 0.6) is 0 Å². The van der Waals surface area contributed by atoms with E-state index in [2.05, 4.69) is 45.7 Å². The molecule has 21 heavy (non-hydrogen) atoms. The summed E-state index contributed by atoms with van der Waals surface area (Å²) in [5, 5.41) is -0.176. The molecule has 0 fully saturated rings. The minimum atomic E-state index is -0.176. The second-order valence-electron chi connectivity index (χ2n) is 5.24. The van der Waals surface area contributed by atoms with E-state index in [4.69, 9.17) is 11.6 Å². The Morgan fingerprint density at radius 1 is 1.10 bits per heavy atom. The molecular formula is C17H18ClN3. The van der Waals surface area contributed by atoms with E-state index < -0.39 is 0 Å².